The Morgan fingerprint density at radius 1 is 1.11 bits per heavy atom. The first-order valence-electron chi connectivity index (χ1n) is 5.87. The molecule has 0 fully saturated rings. The normalized spacial score (nSPS) is 12.7. The van der Waals surface area contributed by atoms with Gasteiger partial charge in [0.2, 0.25) is 0 Å². The van der Waals surface area contributed by atoms with Crippen LogP contribution in [0.2, 0.25) is 0 Å². The minimum atomic E-state index is -0.526. The van der Waals surface area contributed by atoms with E-state index in [1.807, 2.05) is 23.6 Å². The summed E-state index contributed by atoms with van der Waals surface area (Å²) in [4.78, 5) is 4.16. The van der Waals surface area contributed by atoms with E-state index in [0.717, 1.165) is 11.3 Å². The zero-order valence-corrected chi connectivity index (χ0v) is 10.6. The number of thiazole rings is 1. The molecule has 1 unspecified atom stereocenters. The molecule has 3 aromatic rings. The van der Waals surface area contributed by atoms with E-state index in [9.17, 15) is 5.11 Å². The van der Waals surface area contributed by atoms with Crippen molar-refractivity contribution < 1.29 is 5.11 Å². The Hall–Kier alpha value is -1.71. The van der Waals surface area contributed by atoms with E-state index < -0.39 is 6.10 Å². The zero-order chi connectivity index (χ0) is 12.4. The highest BCUT2D eigenvalue weighted by atomic mass is 32.1. The van der Waals surface area contributed by atoms with Crippen molar-refractivity contribution in [1.82, 2.24) is 4.98 Å². The highest BCUT2D eigenvalue weighted by molar-refractivity contribution is 7.07. The van der Waals surface area contributed by atoms with Crippen LogP contribution in [0, 0.1) is 0 Å². The summed E-state index contributed by atoms with van der Waals surface area (Å²) in [6, 6.07) is 14.4. The van der Waals surface area contributed by atoms with E-state index in [2.05, 4.69) is 29.2 Å². The van der Waals surface area contributed by atoms with Crippen LogP contribution >= 0.6 is 11.3 Å². The fourth-order valence-corrected chi connectivity index (χ4v) is 2.77. The number of benzene rings is 2. The molecule has 1 aromatic heterocycles. The average Bonchev–Trinajstić information content (AvgIpc) is 2.93. The predicted octanol–water partition coefficient (Wildman–Crippen LogP) is 3.57. The standard InChI is InChI=1S/C15H13NOS/c17-15(14-9-18-10-16-14)8-12-6-3-5-11-4-1-2-7-13(11)12/h1-7,9-10,15,17H,8H2. The Kier molecular flexibility index (Phi) is 3.09. The van der Waals surface area contributed by atoms with Crippen molar-refractivity contribution >= 4 is 22.1 Å². The average molecular weight is 255 g/mol. The molecule has 3 heteroatoms. The molecular weight excluding hydrogens is 242 g/mol. The number of aromatic nitrogens is 1. The van der Waals surface area contributed by atoms with Crippen molar-refractivity contribution in [3.8, 4) is 0 Å². The second-order valence-electron chi connectivity index (χ2n) is 4.27. The summed E-state index contributed by atoms with van der Waals surface area (Å²) >= 11 is 1.51. The number of rotatable bonds is 3. The molecule has 2 aromatic carbocycles. The van der Waals surface area contributed by atoms with Crippen LogP contribution in [0.5, 0.6) is 0 Å². The summed E-state index contributed by atoms with van der Waals surface area (Å²) in [5.74, 6) is 0. The first kappa shape index (κ1) is 11.4. The molecule has 0 saturated heterocycles. The van der Waals surface area contributed by atoms with Gasteiger partial charge in [0.25, 0.3) is 0 Å². The van der Waals surface area contributed by atoms with Gasteiger partial charge in [-0.1, -0.05) is 42.5 Å². The van der Waals surface area contributed by atoms with E-state index in [0.29, 0.717) is 6.42 Å². The fourth-order valence-electron chi connectivity index (χ4n) is 2.17. The van der Waals surface area contributed by atoms with Crippen LogP contribution in [-0.4, -0.2) is 10.1 Å². The topological polar surface area (TPSA) is 33.1 Å². The van der Waals surface area contributed by atoms with E-state index in [1.165, 1.54) is 22.1 Å². The molecular formula is C15H13NOS. The predicted molar refractivity (Wildman–Crippen MR) is 74.7 cm³/mol. The van der Waals surface area contributed by atoms with Crippen molar-refractivity contribution in [2.45, 2.75) is 12.5 Å². The second-order valence-corrected chi connectivity index (χ2v) is 4.99. The lowest BCUT2D eigenvalue weighted by Crippen LogP contribution is -2.02. The van der Waals surface area contributed by atoms with E-state index >= 15 is 0 Å². The number of hydrogen-bond donors (Lipinski definition) is 1. The SMILES string of the molecule is OC(Cc1cccc2ccccc12)c1cscn1. The molecule has 0 saturated carbocycles. The van der Waals surface area contributed by atoms with Gasteiger partial charge in [0.05, 0.1) is 11.2 Å². The number of fused-ring (bicyclic) bond motifs is 1. The third kappa shape index (κ3) is 2.15. The van der Waals surface area contributed by atoms with Gasteiger partial charge in [-0.3, -0.25) is 0 Å². The number of hydrogen-bond acceptors (Lipinski definition) is 3. The highest BCUT2D eigenvalue weighted by Crippen LogP contribution is 2.24. The maximum absolute atomic E-state index is 10.2. The molecule has 3 rings (SSSR count). The quantitative estimate of drug-likeness (QED) is 0.776. The van der Waals surface area contributed by atoms with Gasteiger partial charge in [-0.05, 0) is 16.3 Å². The smallest absolute Gasteiger partial charge is 0.101 e. The third-order valence-corrected chi connectivity index (χ3v) is 3.69. The zero-order valence-electron chi connectivity index (χ0n) is 9.78. The lowest BCUT2D eigenvalue weighted by atomic mass is 9.99. The van der Waals surface area contributed by atoms with Crippen LogP contribution < -0.4 is 0 Å². The minimum Gasteiger partial charge on any atom is -0.386 e. The summed E-state index contributed by atoms with van der Waals surface area (Å²) < 4.78 is 0. The van der Waals surface area contributed by atoms with Crippen LogP contribution in [0.15, 0.2) is 53.4 Å². The molecule has 0 aliphatic rings. The summed E-state index contributed by atoms with van der Waals surface area (Å²) in [6.45, 7) is 0. The Morgan fingerprint density at radius 2 is 1.94 bits per heavy atom. The molecule has 1 N–H and O–H groups in total. The van der Waals surface area contributed by atoms with E-state index in [1.54, 1.807) is 5.51 Å². The Bertz CT molecular complexity index is 643. The second kappa shape index (κ2) is 4.88. The van der Waals surface area contributed by atoms with Gasteiger partial charge in [0.15, 0.2) is 0 Å². The monoisotopic (exact) mass is 255 g/mol. The van der Waals surface area contributed by atoms with Crippen LogP contribution in [0.25, 0.3) is 10.8 Å². The number of aliphatic hydroxyl groups excluding tert-OH is 1. The van der Waals surface area contributed by atoms with E-state index in [4.69, 9.17) is 0 Å². The number of aliphatic hydroxyl groups is 1. The van der Waals surface area contributed by atoms with Gasteiger partial charge < -0.3 is 5.11 Å². The Morgan fingerprint density at radius 3 is 2.78 bits per heavy atom. The Balaban J connectivity index is 1.95. The van der Waals surface area contributed by atoms with Crippen molar-refractivity contribution in [2.75, 3.05) is 0 Å². The van der Waals surface area contributed by atoms with Gasteiger partial charge in [0.1, 0.15) is 6.10 Å². The van der Waals surface area contributed by atoms with Crippen molar-refractivity contribution in [3.63, 3.8) is 0 Å². The van der Waals surface area contributed by atoms with Crippen molar-refractivity contribution in [2.24, 2.45) is 0 Å². The first-order valence-corrected chi connectivity index (χ1v) is 6.81. The molecule has 0 aliphatic heterocycles. The van der Waals surface area contributed by atoms with Crippen LogP contribution in [-0.2, 0) is 6.42 Å². The van der Waals surface area contributed by atoms with Gasteiger partial charge in [-0.15, -0.1) is 11.3 Å². The molecule has 0 aliphatic carbocycles. The first-order chi connectivity index (χ1) is 8.84. The van der Waals surface area contributed by atoms with Gasteiger partial charge >= 0.3 is 0 Å². The Labute approximate surface area is 110 Å². The van der Waals surface area contributed by atoms with Crippen LogP contribution in [0.4, 0.5) is 0 Å². The molecule has 90 valence electrons. The van der Waals surface area contributed by atoms with Gasteiger partial charge in [0, 0.05) is 11.8 Å². The molecule has 18 heavy (non-hydrogen) atoms. The summed E-state index contributed by atoms with van der Waals surface area (Å²) in [5.41, 5.74) is 3.67. The molecule has 1 atom stereocenters. The molecule has 1 heterocycles. The summed E-state index contributed by atoms with van der Waals surface area (Å²) in [5, 5.41) is 14.5. The maximum Gasteiger partial charge on any atom is 0.101 e. The molecule has 0 bridgehead atoms. The largest absolute Gasteiger partial charge is 0.386 e. The van der Waals surface area contributed by atoms with Crippen LogP contribution in [0.3, 0.4) is 0 Å². The van der Waals surface area contributed by atoms with Crippen molar-refractivity contribution in [1.29, 1.82) is 0 Å². The summed E-state index contributed by atoms with van der Waals surface area (Å²) in [7, 11) is 0. The lowest BCUT2D eigenvalue weighted by Gasteiger charge is -2.10. The molecule has 0 radical (unpaired) electrons. The van der Waals surface area contributed by atoms with Crippen molar-refractivity contribution in [3.05, 3.63) is 64.6 Å². The van der Waals surface area contributed by atoms with E-state index in [-0.39, 0.29) is 0 Å². The third-order valence-electron chi connectivity index (χ3n) is 3.09. The highest BCUT2D eigenvalue weighted by Gasteiger charge is 2.11. The number of nitrogens with zero attached hydrogens (tertiary/aromatic N) is 1. The molecule has 0 amide bonds. The molecule has 0 spiro atoms. The van der Waals surface area contributed by atoms with Crippen LogP contribution in [0.1, 0.15) is 17.4 Å². The summed E-state index contributed by atoms with van der Waals surface area (Å²) in [6.07, 6.45) is 0.0764. The fraction of sp³-hybridized carbons (Fsp3) is 0.133. The van der Waals surface area contributed by atoms with Gasteiger partial charge in [-0.25, -0.2) is 4.98 Å². The minimum absolute atomic E-state index is 0.526. The molecule has 2 nitrogen and oxygen atoms in total. The van der Waals surface area contributed by atoms with Gasteiger partial charge in [-0.2, -0.15) is 0 Å². The lowest BCUT2D eigenvalue weighted by molar-refractivity contribution is 0.175. The maximum atomic E-state index is 10.2.